The molecule has 2 aromatic rings. The number of nitrogens with one attached hydrogen (secondary N) is 1. The molecule has 132 valence electrons. The van der Waals surface area contributed by atoms with Gasteiger partial charge in [-0.05, 0) is 55.7 Å². The molecule has 0 spiro atoms. The van der Waals surface area contributed by atoms with Crippen molar-refractivity contribution in [1.82, 2.24) is 0 Å². The quantitative estimate of drug-likeness (QED) is 0.658. The summed E-state index contributed by atoms with van der Waals surface area (Å²) in [5.74, 6) is 0.325. The molecule has 5 nitrogen and oxygen atoms in total. The molecule has 5 heteroatoms. The lowest BCUT2D eigenvalue weighted by atomic mass is 10.0. The second-order valence-electron chi connectivity index (χ2n) is 5.99. The fourth-order valence-electron chi connectivity index (χ4n) is 2.99. The Labute approximate surface area is 153 Å². The smallest absolute Gasteiger partial charge is 0.267 e. The number of benzene rings is 2. The number of carbonyl (C=O) groups is 1. The molecule has 0 fully saturated rings. The fourth-order valence-corrected chi connectivity index (χ4v) is 2.99. The third kappa shape index (κ3) is 4.04. The van der Waals surface area contributed by atoms with Crippen molar-refractivity contribution in [3.05, 3.63) is 65.9 Å². The molecule has 3 rings (SSSR count). The van der Waals surface area contributed by atoms with E-state index in [9.17, 15) is 10.1 Å². The van der Waals surface area contributed by atoms with Crippen molar-refractivity contribution in [3.8, 4) is 11.8 Å². The number of fused-ring (bicyclic) bond motifs is 1. The lowest BCUT2D eigenvalue weighted by Crippen LogP contribution is -2.26. The van der Waals surface area contributed by atoms with Crippen molar-refractivity contribution in [2.45, 2.75) is 19.8 Å². The number of hydrogen-bond donors (Lipinski definition) is 1. The summed E-state index contributed by atoms with van der Waals surface area (Å²) < 4.78 is 5.39. The maximum Gasteiger partial charge on any atom is 0.267 e. The zero-order valence-electron chi connectivity index (χ0n) is 14.7. The Morgan fingerprint density at radius 2 is 2.04 bits per heavy atom. The monoisotopic (exact) mass is 347 g/mol. The van der Waals surface area contributed by atoms with E-state index >= 15 is 0 Å². The van der Waals surface area contributed by atoms with Gasteiger partial charge in [0, 0.05) is 24.1 Å². The molecule has 0 atom stereocenters. The number of amides is 1. The molecule has 1 aliphatic heterocycles. The van der Waals surface area contributed by atoms with Crippen LogP contribution in [0, 0.1) is 11.3 Å². The Bertz CT molecular complexity index is 850. The van der Waals surface area contributed by atoms with Crippen molar-refractivity contribution >= 4 is 17.3 Å². The van der Waals surface area contributed by atoms with Crippen molar-refractivity contribution in [3.63, 3.8) is 0 Å². The molecule has 0 saturated carbocycles. The van der Waals surface area contributed by atoms with Crippen LogP contribution < -0.4 is 15.0 Å². The minimum absolute atomic E-state index is 0.0792. The third-order valence-corrected chi connectivity index (χ3v) is 4.22. The van der Waals surface area contributed by atoms with Crippen molar-refractivity contribution < 1.29 is 9.53 Å². The molecular formula is C21H21N3O2. The van der Waals surface area contributed by atoms with Gasteiger partial charge in [-0.15, -0.1) is 0 Å². The van der Waals surface area contributed by atoms with Crippen LogP contribution in [-0.4, -0.2) is 19.1 Å². The van der Waals surface area contributed by atoms with Crippen LogP contribution in [0.2, 0.25) is 0 Å². The van der Waals surface area contributed by atoms with Gasteiger partial charge in [-0.25, -0.2) is 0 Å². The van der Waals surface area contributed by atoms with E-state index in [1.54, 1.807) is 30.5 Å². The maximum absolute atomic E-state index is 12.5. The lowest BCUT2D eigenvalue weighted by Gasteiger charge is -2.28. The van der Waals surface area contributed by atoms with Gasteiger partial charge in [-0.3, -0.25) is 4.79 Å². The molecular weight excluding hydrogens is 326 g/mol. The topological polar surface area (TPSA) is 65.4 Å². The minimum Gasteiger partial charge on any atom is -0.494 e. The zero-order valence-corrected chi connectivity index (χ0v) is 14.7. The van der Waals surface area contributed by atoms with Crippen LogP contribution in [0.25, 0.3) is 0 Å². The van der Waals surface area contributed by atoms with Crippen molar-refractivity contribution in [1.29, 1.82) is 5.26 Å². The van der Waals surface area contributed by atoms with Gasteiger partial charge in [-0.2, -0.15) is 5.26 Å². The Hall–Kier alpha value is -3.26. The molecule has 1 aliphatic rings. The summed E-state index contributed by atoms with van der Waals surface area (Å²) in [5, 5.41) is 12.2. The molecule has 0 aliphatic carbocycles. The number of anilines is 2. The average molecular weight is 347 g/mol. The summed E-state index contributed by atoms with van der Waals surface area (Å²) in [6.07, 6.45) is 3.65. The number of hydrogen-bond acceptors (Lipinski definition) is 4. The van der Waals surface area contributed by atoms with Crippen molar-refractivity contribution in [2.75, 3.05) is 23.4 Å². The summed E-state index contributed by atoms with van der Waals surface area (Å²) in [4.78, 5) is 14.5. The van der Waals surface area contributed by atoms with Gasteiger partial charge in [0.15, 0.2) is 0 Å². The summed E-state index contributed by atoms with van der Waals surface area (Å²) in [6, 6.07) is 17.2. The van der Waals surface area contributed by atoms with Crippen LogP contribution in [0.3, 0.4) is 0 Å². The standard InChI is InChI=1S/C21H21N3O2/c1-2-26-19-11-9-18(10-12-19)23-21(25)17(14-22)15-24-13-5-7-16-6-3-4-8-20(16)24/h3-4,6,8-12,15H,2,5,7,13H2,1H3,(H,23,25)/b17-15-. The van der Waals surface area contributed by atoms with E-state index in [-0.39, 0.29) is 5.57 Å². The van der Waals surface area contributed by atoms with Crippen LogP contribution >= 0.6 is 0 Å². The van der Waals surface area contributed by atoms with E-state index in [1.807, 2.05) is 36.1 Å². The van der Waals surface area contributed by atoms with Crippen LogP contribution in [0.15, 0.2) is 60.3 Å². The molecule has 0 radical (unpaired) electrons. The fraction of sp³-hybridized carbons (Fsp3) is 0.238. The number of aryl methyl sites for hydroxylation is 1. The molecule has 0 bridgehead atoms. The summed E-state index contributed by atoms with van der Waals surface area (Å²) in [7, 11) is 0. The van der Waals surface area contributed by atoms with Gasteiger partial charge in [0.05, 0.1) is 6.61 Å². The largest absolute Gasteiger partial charge is 0.494 e. The first-order valence-electron chi connectivity index (χ1n) is 8.72. The molecule has 26 heavy (non-hydrogen) atoms. The normalized spacial score (nSPS) is 13.5. The molecule has 0 aromatic heterocycles. The van der Waals surface area contributed by atoms with Gasteiger partial charge in [0.2, 0.25) is 0 Å². The highest BCUT2D eigenvalue weighted by atomic mass is 16.5. The van der Waals surface area contributed by atoms with E-state index in [1.165, 1.54) is 5.56 Å². The van der Waals surface area contributed by atoms with Gasteiger partial charge in [-0.1, -0.05) is 18.2 Å². The Balaban J connectivity index is 1.75. The predicted octanol–water partition coefficient (Wildman–Crippen LogP) is 3.88. The second kappa shape index (κ2) is 8.21. The first kappa shape index (κ1) is 17.6. The summed E-state index contributed by atoms with van der Waals surface area (Å²) >= 11 is 0. The van der Waals surface area contributed by atoms with E-state index in [4.69, 9.17) is 4.74 Å². The first-order chi connectivity index (χ1) is 12.7. The first-order valence-corrected chi connectivity index (χ1v) is 8.72. The summed E-state index contributed by atoms with van der Waals surface area (Å²) in [5.41, 5.74) is 2.99. The highest BCUT2D eigenvalue weighted by molar-refractivity contribution is 6.06. The van der Waals surface area contributed by atoms with Crippen LogP contribution in [0.1, 0.15) is 18.9 Å². The van der Waals surface area contributed by atoms with Crippen LogP contribution in [-0.2, 0) is 11.2 Å². The highest BCUT2D eigenvalue weighted by Crippen LogP contribution is 2.27. The summed E-state index contributed by atoms with van der Waals surface area (Å²) in [6.45, 7) is 3.29. The number of ether oxygens (including phenoxy) is 1. The van der Waals surface area contributed by atoms with Gasteiger partial charge >= 0.3 is 0 Å². The predicted molar refractivity (Wildman–Crippen MR) is 102 cm³/mol. The maximum atomic E-state index is 12.5. The van der Waals surface area contributed by atoms with Crippen molar-refractivity contribution in [2.24, 2.45) is 0 Å². The van der Waals surface area contributed by atoms with Crippen LogP contribution in [0.4, 0.5) is 11.4 Å². The van der Waals surface area contributed by atoms with Gasteiger partial charge in [0.1, 0.15) is 17.4 Å². The van der Waals surface area contributed by atoms with E-state index in [2.05, 4.69) is 11.4 Å². The van der Waals surface area contributed by atoms with E-state index in [0.29, 0.717) is 12.3 Å². The molecule has 0 saturated heterocycles. The Morgan fingerprint density at radius 3 is 2.77 bits per heavy atom. The third-order valence-electron chi connectivity index (χ3n) is 4.22. The molecule has 1 N–H and O–H groups in total. The molecule has 0 unspecified atom stereocenters. The minimum atomic E-state index is -0.417. The Kier molecular flexibility index (Phi) is 5.55. The van der Waals surface area contributed by atoms with Gasteiger partial charge < -0.3 is 15.0 Å². The Morgan fingerprint density at radius 1 is 1.27 bits per heavy atom. The van der Waals surface area contributed by atoms with E-state index < -0.39 is 5.91 Å². The molecule has 1 amide bonds. The number of carbonyl (C=O) groups excluding carboxylic acids is 1. The highest BCUT2D eigenvalue weighted by Gasteiger charge is 2.17. The lowest BCUT2D eigenvalue weighted by molar-refractivity contribution is -0.112. The average Bonchev–Trinajstić information content (AvgIpc) is 2.68. The molecule has 1 heterocycles. The molecule has 2 aromatic carbocycles. The second-order valence-corrected chi connectivity index (χ2v) is 5.99. The SMILES string of the molecule is CCOc1ccc(NC(=O)/C(C#N)=C\N2CCCc3ccccc32)cc1. The number of nitrogens with zero attached hydrogens (tertiary/aromatic N) is 2. The van der Waals surface area contributed by atoms with Crippen LogP contribution in [0.5, 0.6) is 5.75 Å². The number of nitriles is 1. The van der Waals surface area contributed by atoms with Gasteiger partial charge in [0.25, 0.3) is 5.91 Å². The number of para-hydroxylation sites is 1. The number of rotatable bonds is 5. The van der Waals surface area contributed by atoms with E-state index in [0.717, 1.165) is 30.8 Å². The zero-order chi connectivity index (χ0) is 18.4.